The van der Waals surface area contributed by atoms with E-state index in [0.717, 1.165) is 12.8 Å². The Hall–Kier alpha value is -0.200. The highest BCUT2D eigenvalue weighted by molar-refractivity contribution is 4.67. The molecule has 1 aliphatic rings. The summed E-state index contributed by atoms with van der Waals surface area (Å²) in [6.07, 6.45) is 4.60. The first-order valence-electron chi connectivity index (χ1n) is 5.96. The molecule has 1 atom stereocenters. The van der Waals surface area contributed by atoms with Gasteiger partial charge in [-0.25, -0.2) is 0 Å². The Morgan fingerprint density at radius 3 is 2.75 bits per heavy atom. The van der Waals surface area contributed by atoms with Crippen molar-refractivity contribution >= 4 is 0 Å². The number of hydroxylamine groups is 1. The lowest BCUT2D eigenvalue weighted by atomic mass is 10.3. The van der Waals surface area contributed by atoms with Gasteiger partial charge in [-0.1, -0.05) is 12.8 Å². The summed E-state index contributed by atoms with van der Waals surface area (Å²) in [7, 11) is 1.62. The Morgan fingerprint density at radius 1 is 1.31 bits per heavy atom. The van der Waals surface area contributed by atoms with Crippen molar-refractivity contribution < 1.29 is 19.4 Å². The molecule has 2 N–H and O–H groups in total. The van der Waals surface area contributed by atoms with Gasteiger partial charge in [0.15, 0.2) is 0 Å². The molecule has 1 fully saturated rings. The highest BCUT2D eigenvalue weighted by atomic mass is 16.7. The van der Waals surface area contributed by atoms with Crippen LogP contribution in [0.15, 0.2) is 0 Å². The molecule has 0 aliphatic heterocycles. The van der Waals surface area contributed by atoms with Crippen molar-refractivity contribution in [1.29, 1.82) is 0 Å². The predicted molar refractivity (Wildman–Crippen MR) is 60.0 cm³/mol. The second-order valence-corrected chi connectivity index (χ2v) is 4.08. The standard InChI is InChI=1S/C11H23NO4/c1-14-6-7-16-12-8-10(13)9-15-11-4-2-3-5-11/h10-13H,2-9H2,1H3. The van der Waals surface area contributed by atoms with Crippen molar-refractivity contribution in [1.82, 2.24) is 5.48 Å². The number of nitrogens with one attached hydrogen (secondary N) is 1. The van der Waals surface area contributed by atoms with E-state index in [1.165, 1.54) is 12.8 Å². The first-order chi connectivity index (χ1) is 7.83. The van der Waals surface area contributed by atoms with Crippen molar-refractivity contribution in [2.45, 2.75) is 37.9 Å². The quantitative estimate of drug-likeness (QED) is 0.448. The van der Waals surface area contributed by atoms with Crippen LogP contribution in [0.2, 0.25) is 0 Å². The fourth-order valence-electron chi connectivity index (χ4n) is 1.71. The Morgan fingerprint density at radius 2 is 2.06 bits per heavy atom. The fraction of sp³-hybridized carbons (Fsp3) is 1.00. The smallest absolute Gasteiger partial charge is 0.0921 e. The lowest BCUT2D eigenvalue weighted by Crippen LogP contribution is -2.32. The molecule has 1 unspecified atom stereocenters. The molecule has 0 aromatic carbocycles. The van der Waals surface area contributed by atoms with Crippen molar-refractivity contribution in [3.8, 4) is 0 Å². The molecule has 0 heterocycles. The van der Waals surface area contributed by atoms with E-state index < -0.39 is 6.10 Å². The second-order valence-electron chi connectivity index (χ2n) is 4.08. The highest BCUT2D eigenvalue weighted by Crippen LogP contribution is 2.20. The van der Waals surface area contributed by atoms with Gasteiger partial charge in [0.05, 0.1) is 32.0 Å². The van der Waals surface area contributed by atoms with Gasteiger partial charge >= 0.3 is 0 Å². The summed E-state index contributed by atoms with van der Waals surface area (Å²) in [4.78, 5) is 5.03. The molecular formula is C11H23NO4. The van der Waals surface area contributed by atoms with Crippen LogP contribution < -0.4 is 5.48 Å². The molecular weight excluding hydrogens is 210 g/mol. The van der Waals surface area contributed by atoms with Gasteiger partial charge in [-0.3, -0.25) is 4.84 Å². The minimum absolute atomic E-state index is 0.351. The fourth-order valence-corrected chi connectivity index (χ4v) is 1.71. The Bertz CT molecular complexity index is 162. The highest BCUT2D eigenvalue weighted by Gasteiger charge is 2.16. The van der Waals surface area contributed by atoms with Gasteiger partial charge in [-0.2, -0.15) is 5.48 Å². The number of ether oxygens (including phenoxy) is 2. The summed E-state index contributed by atoms with van der Waals surface area (Å²) < 4.78 is 10.4. The van der Waals surface area contributed by atoms with E-state index >= 15 is 0 Å². The van der Waals surface area contributed by atoms with Gasteiger partial charge < -0.3 is 14.6 Å². The molecule has 96 valence electrons. The van der Waals surface area contributed by atoms with Crippen LogP contribution in [0.1, 0.15) is 25.7 Å². The van der Waals surface area contributed by atoms with Gasteiger partial charge in [-0.05, 0) is 12.8 Å². The number of hydrogen-bond acceptors (Lipinski definition) is 5. The van der Waals surface area contributed by atoms with Crippen LogP contribution in [0.5, 0.6) is 0 Å². The SMILES string of the molecule is COCCONCC(O)COC1CCCC1. The van der Waals surface area contributed by atoms with Crippen LogP contribution in [0.4, 0.5) is 0 Å². The van der Waals surface area contributed by atoms with E-state index in [4.69, 9.17) is 14.3 Å². The molecule has 0 radical (unpaired) electrons. The second kappa shape index (κ2) is 8.90. The normalized spacial score (nSPS) is 19.1. The summed E-state index contributed by atoms with van der Waals surface area (Å²) in [5.74, 6) is 0. The molecule has 0 amide bonds. The van der Waals surface area contributed by atoms with Crippen LogP contribution >= 0.6 is 0 Å². The molecule has 5 nitrogen and oxygen atoms in total. The first kappa shape index (κ1) is 13.9. The minimum atomic E-state index is -0.511. The van der Waals surface area contributed by atoms with Gasteiger partial charge in [-0.15, -0.1) is 0 Å². The van der Waals surface area contributed by atoms with Crippen molar-refractivity contribution in [2.75, 3.05) is 33.5 Å². The van der Waals surface area contributed by atoms with Crippen LogP contribution in [-0.4, -0.2) is 50.8 Å². The third-order valence-electron chi connectivity index (χ3n) is 2.64. The summed E-state index contributed by atoms with van der Waals surface area (Å²) in [5, 5.41) is 9.57. The predicted octanol–water partition coefficient (Wildman–Crippen LogP) is 0.474. The average molecular weight is 233 g/mol. The third kappa shape index (κ3) is 6.40. The molecule has 0 saturated heterocycles. The molecule has 0 aromatic heterocycles. The van der Waals surface area contributed by atoms with Crippen LogP contribution in [0.3, 0.4) is 0 Å². The molecule has 0 bridgehead atoms. The van der Waals surface area contributed by atoms with Crippen molar-refractivity contribution in [3.63, 3.8) is 0 Å². The summed E-state index contributed by atoms with van der Waals surface area (Å²) >= 11 is 0. The average Bonchev–Trinajstić information content (AvgIpc) is 2.79. The monoisotopic (exact) mass is 233 g/mol. The summed E-state index contributed by atoms with van der Waals surface area (Å²) in [5.41, 5.74) is 2.69. The molecule has 16 heavy (non-hydrogen) atoms. The minimum Gasteiger partial charge on any atom is -0.389 e. The van der Waals surface area contributed by atoms with Crippen LogP contribution in [0, 0.1) is 0 Å². The molecule has 1 rings (SSSR count). The number of methoxy groups -OCH3 is 1. The van der Waals surface area contributed by atoms with Crippen molar-refractivity contribution in [2.24, 2.45) is 0 Å². The molecule has 5 heteroatoms. The maximum atomic E-state index is 9.57. The first-order valence-corrected chi connectivity index (χ1v) is 5.96. The van der Waals surface area contributed by atoms with Crippen LogP contribution in [-0.2, 0) is 14.3 Å². The maximum Gasteiger partial charge on any atom is 0.0921 e. The van der Waals surface area contributed by atoms with E-state index in [0.29, 0.717) is 32.5 Å². The third-order valence-corrected chi connectivity index (χ3v) is 2.64. The Labute approximate surface area is 97.0 Å². The zero-order valence-corrected chi connectivity index (χ0v) is 9.98. The van der Waals surface area contributed by atoms with E-state index in [9.17, 15) is 5.11 Å². The van der Waals surface area contributed by atoms with E-state index in [1.807, 2.05) is 0 Å². The number of rotatable bonds is 9. The topological polar surface area (TPSA) is 60.0 Å². The molecule has 0 aromatic rings. The van der Waals surface area contributed by atoms with Gasteiger partial charge in [0.1, 0.15) is 0 Å². The van der Waals surface area contributed by atoms with E-state index in [1.54, 1.807) is 7.11 Å². The Balaban J connectivity index is 1.87. The van der Waals surface area contributed by atoms with Gasteiger partial charge in [0.2, 0.25) is 0 Å². The van der Waals surface area contributed by atoms with Crippen LogP contribution in [0.25, 0.3) is 0 Å². The summed E-state index contributed by atoms with van der Waals surface area (Å²) in [6.45, 7) is 1.79. The number of aliphatic hydroxyl groups is 1. The lowest BCUT2D eigenvalue weighted by molar-refractivity contribution is -0.0424. The van der Waals surface area contributed by atoms with Crippen molar-refractivity contribution in [3.05, 3.63) is 0 Å². The largest absolute Gasteiger partial charge is 0.389 e. The van der Waals surface area contributed by atoms with E-state index in [2.05, 4.69) is 5.48 Å². The van der Waals surface area contributed by atoms with Gasteiger partial charge in [0.25, 0.3) is 0 Å². The Kier molecular flexibility index (Phi) is 7.71. The molecule has 0 spiro atoms. The molecule has 1 saturated carbocycles. The zero-order valence-electron chi connectivity index (χ0n) is 9.98. The molecule has 1 aliphatic carbocycles. The lowest BCUT2D eigenvalue weighted by Gasteiger charge is -2.15. The number of hydrogen-bond donors (Lipinski definition) is 2. The van der Waals surface area contributed by atoms with Gasteiger partial charge in [0, 0.05) is 13.7 Å². The van der Waals surface area contributed by atoms with E-state index in [-0.39, 0.29) is 0 Å². The zero-order chi connectivity index (χ0) is 11.6. The number of aliphatic hydroxyl groups excluding tert-OH is 1. The maximum absolute atomic E-state index is 9.57. The summed E-state index contributed by atoms with van der Waals surface area (Å²) in [6, 6.07) is 0.